The highest BCUT2D eigenvalue weighted by Crippen LogP contribution is 2.14. The van der Waals surface area contributed by atoms with Gasteiger partial charge in [-0.05, 0) is 18.3 Å². The molecule has 0 radical (unpaired) electrons. The summed E-state index contributed by atoms with van der Waals surface area (Å²) in [5.74, 6) is 8.06. The van der Waals surface area contributed by atoms with E-state index in [0.29, 0.717) is 0 Å². The van der Waals surface area contributed by atoms with Gasteiger partial charge in [-0.3, -0.25) is 0 Å². The zero-order valence-electron chi connectivity index (χ0n) is 17.2. The molecular weight excluding hydrogens is 300 g/mol. The fraction of sp³-hybridized carbons (Fsp3) is 0.840. The molecule has 0 saturated carbocycles. The van der Waals surface area contributed by atoms with E-state index in [1.54, 1.807) is 0 Å². The molecule has 0 nitrogen and oxygen atoms in total. The minimum Gasteiger partial charge on any atom is -0.106 e. The summed E-state index contributed by atoms with van der Waals surface area (Å²) in [5.41, 5.74) is 0. The number of terminal acetylenes is 1. The molecular formula is C25H44. The first-order chi connectivity index (χ1) is 12.4. The molecule has 0 rings (SSSR count). The van der Waals surface area contributed by atoms with Crippen molar-refractivity contribution in [2.45, 2.75) is 135 Å². The van der Waals surface area contributed by atoms with E-state index < -0.39 is 0 Å². The van der Waals surface area contributed by atoms with Gasteiger partial charge in [0.05, 0.1) is 0 Å². The molecule has 144 valence electrons. The van der Waals surface area contributed by atoms with Crippen molar-refractivity contribution in [2.24, 2.45) is 0 Å². The van der Waals surface area contributed by atoms with Crippen molar-refractivity contribution in [1.29, 1.82) is 0 Å². The second kappa shape index (κ2) is 23.1. The highest BCUT2D eigenvalue weighted by Gasteiger charge is 1.95. The molecule has 0 unspecified atom stereocenters. The van der Waals surface area contributed by atoms with E-state index in [-0.39, 0.29) is 0 Å². The van der Waals surface area contributed by atoms with Crippen LogP contribution in [-0.4, -0.2) is 0 Å². The van der Waals surface area contributed by atoms with Crippen LogP contribution in [0.5, 0.6) is 0 Å². The van der Waals surface area contributed by atoms with Gasteiger partial charge in [-0.25, -0.2) is 0 Å². The van der Waals surface area contributed by atoms with Gasteiger partial charge in [-0.15, -0.1) is 6.42 Å². The van der Waals surface area contributed by atoms with Gasteiger partial charge in [0.25, 0.3) is 0 Å². The van der Waals surface area contributed by atoms with Crippen molar-refractivity contribution in [2.75, 3.05) is 0 Å². The van der Waals surface area contributed by atoms with E-state index in [4.69, 9.17) is 6.42 Å². The van der Waals surface area contributed by atoms with Gasteiger partial charge in [-0.1, -0.05) is 128 Å². The standard InChI is InChI=1S/C25H44/c1-3-5-7-9-11-13-15-17-19-21-23-25-24-22-20-18-16-14-12-10-8-6-4-2/h1H,4,6,8-25H2,2H3. The molecule has 0 atom stereocenters. The summed E-state index contributed by atoms with van der Waals surface area (Å²) >= 11 is 0. The van der Waals surface area contributed by atoms with E-state index in [2.05, 4.69) is 24.7 Å². The molecule has 0 heterocycles. The van der Waals surface area contributed by atoms with Crippen LogP contribution in [0.1, 0.15) is 135 Å². The van der Waals surface area contributed by atoms with E-state index >= 15 is 0 Å². The summed E-state index contributed by atoms with van der Waals surface area (Å²) in [5, 5.41) is 0. The Morgan fingerprint density at radius 2 is 0.800 bits per heavy atom. The molecule has 0 aliphatic rings. The molecule has 0 aliphatic carbocycles. The highest BCUT2D eigenvalue weighted by atomic mass is 14.0. The normalized spacial score (nSPS) is 10.2. The largest absolute Gasteiger partial charge is 0.106 e. The lowest BCUT2D eigenvalue weighted by Crippen LogP contribution is -1.84. The quantitative estimate of drug-likeness (QED) is 0.163. The second-order valence-corrected chi connectivity index (χ2v) is 7.56. The van der Waals surface area contributed by atoms with Gasteiger partial charge in [0.1, 0.15) is 0 Å². The maximum atomic E-state index is 5.09. The van der Waals surface area contributed by atoms with E-state index in [1.807, 2.05) is 0 Å². The molecule has 0 bridgehead atoms. The molecule has 0 heteroatoms. The smallest absolute Gasteiger partial charge is 0.00989 e. The van der Waals surface area contributed by atoms with Crippen LogP contribution in [0.15, 0.2) is 0 Å². The van der Waals surface area contributed by atoms with Crippen LogP contribution < -0.4 is 0 Å². The van der Waals surface area contributed by atoms with Crippen LogP contribution in [0.2, 0.25) is 0 Å². The Morgan fingerprint density at radius 3 is 1.12 bits per heavy atom. The summed E-state index contributed by atoms with van der Waals surface area (Å²) in [7, 11) is 0. The van der Waals surface area contributed by atoms with Crippen molar-refractivity contribution in [3.05, 3.63) is 0 Å². The lowest BCUT2D eigenvalue weighted by atomic mass is 10.0. The maximum Gasteiger partial charge on any atom is 0.00989 e. The first-order valence-corrected chi connectivity index (χ1v) is 11.3. The lowest BCUT2D eigenvalue weighted by Gasteiger charge is -2.03. The average molecular weight is 345 g/mol. The van der Waals surface area contributed by atoms with Crippen LogP contribution >= 0.6 is 0 Å². The minimum atomic E-state index is 0.975. The Labute approximate surface area is 159 Å². The van der Waals surface area contributed by atoms with Crippen molar-refractivity contribution >= 4 is 0 Å². The topological polar surface area (TPSA) is 0 Å². The van der Waals surface area contributed by atoms with Gasteiger partial charge in [0.2, 0.25) is 0 Å². The van der Waals surface area contributed by atoms with Crippen LogP contribution in [0, 0.1) is 24.2 Å². The monoisotopic (exact) mass is 344 g/mol. The zero-order chi connectivity index (χ0) is 18.3. The number of rotatable bonds is 19. The van der Waals surface area contributed by atoms with Crippen molar-refractivity contribution in [1.82, 2.24) is 0 Å². The summed E-state index contributed by atoms with van der Waals surface area (Å²) < 4.78 is 0. The molecule has 0 aromatic rings. The zero-order valence-corrected chi connectivity index (χ0v) is 17.2. The molecule has 0 aromatic carbocycles. The Morgan fingerprint density at radius 1 is 0.480 bits per heavy atom. The number of hydrogen-bond acceptors (Lipinski definition) is 0. The molecule has 0 saturated heterocycles. The third-order valence-electron chi connectivity index (χ3n) is 5.07. The van der Waals surface area contributed by atoms with Crippen LogP contribution in [-0.2, 0) is 0 Å². The van der Waals surface area contributed by atoms with Gasteiger partial charge >= 0.3 is 0 Å². The van der Waals surface area contributed by atoms with E-state index in [1.165, 1.54) is 122 Å². The Hall–Kier alpha value is -0.880. The Bertz CT molecular complexity index is 335. The lowest BCUT2D eigenvalue weighted by molar-refractivity contribution is 0.524. The Kier molecular flexibility index (Phi) is 22.3. The van der Waals surface area contributed by atoms with Gasteiger partial charge in [0.15, 0.2) is 0 Å². The predicted octanol–water partition coefficient (Wildman–Crippen LogP) is 8.44. The average Bonchev–Trinajstić information content (AvgIpc) is 2.63. The summed E-state index contributed by atoms with van der Waals surface area (Å²) in [6.45, 7) is 2.29. The number of unbranched alkanes of at least 4 members (excludes halogenated alkanes) is 19. The molecule has 0 spiro atoms. The SMILES string of the molecule is C#CC#CCCCCCCCCCCCCCCCCCCCCC. The van der Waals surface area contributed by atoms with Crippen LogP contribution in [0.3, 0.4) is 0 Å². The molecule has 25 heavy (non-hydrogen) atoms. The Balaban J connectivity index is 2.99. The fourth-order valence-corrected chi connectivity index (χ4v) is 3.41. The van der Waals surface area contributed by atoms with Crippen molar-refractivity contribution in [3.63, 3.8) is 0 Å². The first-order valence-electron chi connectivity index (χ1n) is 11.3. The summed E-state index contributed by atoms with van der Waals surface area (Å²) in [6, 6.07) is 0. The van der Waals surface area contributed by atoms with Crippen molar-refractivity contribution in [3.8, 4) is 24.2 Å². The third-order valence-corrected chi connectivity index (χ3v) is 5.07. The molecule has 0 amide bonds. The third kappa shape index (κ3) is 23.1. The van der Waals surface area contributed by atoms with Crippen molar-refractivity contribution < 1.29 is 0 Å². The van der Waals surface area contributed by atoms with E-state index in [9.17, 15) is 0 Å². The van der Waals surface area contributed by atoms with Crippen LogP contribution in [0.25, 0.3) is 0 Å². The summed E-state index contributed by atoms with van der Waals surface area (Å²) in [4.78, 5) is 0. The van der Waals surface area contributed by atoms with Gasteiger partial charge < -0.3 is 0 Å². The predicted molar refractivity (Wildman–Crippen MR) is 115 cm³/mol. The van der Waals surface area contributed by atoms with Gasteiger partial charge in [-0.2, -0.15) is 0 Å². The molecule has 0 aromatic heterocycles. The number of hydrogen-bond donors (Lipinski definition) is 0. The molecule has 0 fully saturated rings. The molecule has 0 aliphatic heterocycles. The summed E-state index contributed by atoms with van der Waals surface area (Å²) in [6.07, 6.45) is 33.1. The first kappa shape index (κ1) is 24.1. The minimum absolute atomic E-state index is 0.975. The van der Waals surface area contributed by atoms with E-state index in [0.717, 1.165) is 6.42 Å². The maximum absolute atomic E-state index is 5.09. The second-order valence-electron chi connectivity index (χ2n) is 7.56. The van der Waals surface area contributed by atoms with Crippen LogP contribution in [0.4, 0.5) is 0 Å². The molecule has 0 N–H and O–H groups in total. The fourth-order valence-electron chi connectivity index (χ4n) is 3.41. The van der Waals surface area contributed by atoms with Gasteiger partial charge in [0, 0.05) is 6.42 Å². The highest BCUT2D eigenvalue weighted by molar-refractivity contribution is 5.21.